The zero-order chi connectivity index (χ0) is 10.1. The summed E-state index contributed by atoms with van der Waals surface area (Å²) in [6.07, 6.45) is 6.63. The van der Waals surface area contributed by atoms with E-state index in [2.05, 4.69) is 36.6 Å². The third-order valence-electron chi connectivity index (χ3n) is 1.78. The van der Waals surface area contributed by atoms with Gasteiger partial charge in [-0.25, -0.2) is 0 Å². The zero-order valence-electron chi connectivity index (χ0n) is 8.42. The molecule has 0 spiro atoms. The average molecular weight is 201 g/mol. The Labute approximate surface area is 85.8 Å². The van der Waals surface area contributed by atoms with E-state index in [0.29, 0.717) is 5.92 Å². The minimum Gasteiger partial charge on any atom is -0.375 e. The van der Waals surface area contributed by atoms with Crippen LogP contribution in [-0.2, 0) is 0 Å². The molecule has 0 atom stereocenters. The standard InChI is InChI=1S/C9H19N3S/c1-3-5-8(6-4-2)7-11-12-9(10)13/h7-8H,3-6H2,1-2H3,(H3,10,12,13). The molecular weight excluding hydrogens is 182 g/mol. The third-order valence-corrected chi connectivity index (χ3v) is 1.87. The van der Waals surface area contributed by atoms with E-state index >= 15 is 0 Å². The summed E-state index contributed by atoms with van der Waals surface area (Å²) >= 11 is 4.63. The van der Waals surface area contributed by atoms with Gasteiger partial charge >= 0.3 is 0 Å². The SMILES string of the molecule is CCCC(C=NNC(N)=S)CCC. The van der Waals surface area contributed by atoms with Gasteiger partial charge in [0, 0.05) is 6.21 Å². The van der Waals surface area contributed by atoms with Gasteiger partial charge in [0.05, 0.1) is 0 Å². The van der Waals surface area contributed by atoms with Gasteiger partial charge in [-0.2, -0.15) is 5.10 Å². The summed E-state index contributed by atoms with van der Waals surface area (Å²) in [5.41, 5.74) is 7.80. The minimum absolute atomic E-state index is 0.225. The molecule has 0 radical (unpaired) electrons. The normalized spacial score (nSPS) is 11.0. The predicted octanol–water partition coefficient (Wildman–Crippen LogP) is 2.02. The minimum atomic E-state index is 0.225. The first-order valence-electron chi connectivity index (χ1n) is 4.79. The first-order chi connectivity index (χ1) is 6.20. The van der Waals surface area contributed by atoms with Crippen molar-refractivity contribution in [3.63, 3.8) is 0 Å². The Bertz CT molecular complexity index is 162. The van der Waals surface area contributed by atoms with Crippen LogP contribution in [0, 0.1) is 5.92 Å². The molecule has 3 nitrogen and oxygen atoms in total. The Kier molecular flexibility index (Phi) is 7.59. The number of rotatable bonds is 6. The van der Waals surface area contributed by atoms with Crippen molar-refractivity contribution in [2.45, 2.75) is 39.5 Å². The van der Waals surface area contributed by atoms with Crippen molar-refractivity contribution < 1.29 is 0 Å². The summed E-state index contributed by atoms with van der Waals surface area (Å²) in [6.45, 7) is 4.36. The third kappa shape index (κ3) is 7.71. The van der Waals surface area contributed by atoms with Crippen LogP contribution in [0.3, 0.4) is 0 Å². The fourth-order valence-electron chi connectivity index (χ4n) is 1.24. The first kappa shape index (κ1) is 12.4. The highest BCUT2D eigenvalue weighted by atomic mass is 32.1. The van der Waals surface area contributed by atoms with Crippen molar-refractivity contribution in [2.24, 2.45) is 16.8 Å². The van der Waals surface area contributed by atoms with Crippen LogP contribution in [-0.4, -0.2) is 11.3 Å². The highest BCUT2D eigenvalue weighted by Crippen LogP contribution is 2.10. The monoisotopic (exact) mass is 201 g/mol. The molecule has 0 saturated heterocycles. The topological polar surface area (TPSA) is 50.4 Å². The molecule has 0 aromatic heterocycles. The van der Waals surface area contributed by atoms with Crippen LogP contribution in [0.5, 0.6) is 0 Å². The molecule has 0 fully saturated rings. The van der Waals surface area contributed by atoms with Gasteiger partial charge in [-0.1, -0.05) is 26.7 Å². The molecule has 0 aliphatic rings. The number of nitrogens with one attached hydrogen (secondary N) is 1. The smallest absolute Gasteiger partial charge is 0.184 e. The molecule has 0 aliphatic heterocycles. The summed E-state index contributed by atoms with van der Waals surface area (Å²) < 4.78 is 0. The number of hydrogen-bond acceptors (Lipinski definition) is 2. The van der Waals surface area contributed by atoms with Crippen molar-refractivity contribution in [3.8, 4) is 0 Å². The van der Waals surface area contributed by atoms with Crippen LogP contribution in [0.4, 0.5) is 0 Å². The molecule has 0 aromatic carbocycles. The van der Waals surface area contributed by atoms with Crippen LogP contribution < -0.4 is 11.2 Å². The van der Waals surface area contributed by atoms with Crippen molar-refractivity contribution in [3.05, 3.63) is 0 Å². The largest absolute Gasteiger partial charge is 0.375 e. The summed E-state index contributed by atoms with van der Waals surface area (Å²) in [7, 11) is 0. The maximum absolute atomic E-state index is 5.23. The van der Waals surface area contributed by atoms with Crippen LogP contribution in [0.1, 0.15) is 39.5 Å². The van der Waals surface area contributed by atoms with Crippen LogP contribution in [0.2, 0.25) is 0 Å². The lowest BCUT2D eigenvalue weighted by Gasteiger charge is -2.08. The summed E-state index contributed by atoms with van der Waals surface area (Å²) in [6, 6.07) is 0. The number of nitrogens with zero attached hydrogens (tertiary/aromatic N) is 1. The number of thiocarbonyl (C=S) groups is 1. The number of hydrazone groups is 1. The molecule has 0 amide bonds. The Hall–Kier alpha value is -0.640. The van der Waals surface area contributed by atoms with E-state index in [1.54, 1.807) is 0 Å². The molecular formula is C9H19N3S. The summed E-state index contributed by atoms with van der Waals surface area (Å²) in [5.74, 6) is 0.553. The molecule has 4 heteroatoms. The molecule has 76 valence electrons. The van der Waals surface area contributed by atoms with Crippen LogP contribution in [0.25, 0.3) is 0 Å². The van der Waals surface area contributed by atoms with E-state index in [1.807, 2.05) is 6.21 Å². The van der Waals surface area contributed by atoms with Gasteiger partial charge in [0.25, 0.3) is 0 Å². The van der Waals surface area contributed by atoms with Gasteiger partial charge in [-0.3, -0.25) is 5.43 Å². The lowest BCUT2D eigenvalue weighted by atomic mass is 10.0. The number of hydrogen-bond donors (Lipinski definition) is 2. The van der Waals surface area contributed by atoms with Gasteiger partial charge in [0.15, 0.2) is 5.11 Å². The fraction of sp³-hybridized carbons (Fsp3) is 0.778. The average Bonchev–Trinajstić information content (AvgIpc) is 2.04. The Morgan fingerprint density at radius 2 is 2.00 bits per heavy atom. The lowest BCUT2D eigenvalue weighted by Crippen LogP contribution is -2.24. The Balaban J connectivity index is 3.78. The summed E-state index contributed by atoms with van der Waals surface area (Å²) in [4.78, 5) is 0. The van der Waals surface area contributed by atoms with Crippen molar-refractivity contribution in [1.82, 2.24) is 5.43 Å². The lowest BCUT2D eigenvalue weighted by molar-refractivity contribution is 0.565. The van der Waals surface area contributed by atoms with E-state index in [4.69, 9.17) is 5.73 Å². The second-order valence-corrected chi connectivity index (χ2v) is 3.53. The zero-order valence-corrected chi connectivity index (χ0v) is 9.23. The maximum atomic E-state index is 5.23. The van der Waals surface area contributed by atoms with E-state index in [0.717, 1.165) is 0 Å². The quantitative estimate of drug-likeness (QED) is 0.393. The fourth-order valence-corrected chi connectivity index (χ4v) is 1.29. The van der Waals surface area contributed by atoms with Crippen molar-refractivity contribution in [2.75, 3.05) is 0 Å². The van der Waals surface area contributed by atoms with Gasteiger partial charge in [-0.15, -0.1) is 0 Å². The van der Waals surface area contributed by atoms with E-state index in [1.165, 1.54) is 25.7 Å². The van der Waals surface area contributed by atoms with Crippen molar-refractivity contribution >= 4 is 23.5 Å². The molecule has 0 heterocycles. The van der Waals surface area contributed by atoms with Gasteiger partial charge in [0.1, 0.15) is 0 Å². The Morgan fingerprint density at radius 3 is 2.38 bits per heavy atom. The molecule has 0 unspecified atom stereocenters. The molecule has 0 saturated carbocycles. The maximum Gasteiger partial charge on any atom is 0.184 e. The first-order valence-corrected chi connectivity index (χ1v) is 5.20. The van der Waals surface area contributed by atoms with Crippen LogP contribution >= 0.6 is 12.2 Å². The highest BCUT2D eigenvalue weighted by molar-refractivity contribution is 7.80. The summed E-state index contributed by atoms with van der Waals surface area (Å²) in [5, 5.41) is 4.19. The molecule has 0 aromatic rings. The Morgan fingerprint density at radius 1 is 1.46 bits per heavy atom. The molecule has 0 rings (SSSR count). The van der Waals surface area contributed by atoms with Crippen LogP contribution in [0.15, 0.2) is 5.10 Å². The van der Waals surface area contributed by atoms with Gasteiger partial charge in [-0.05, 0) is 31.0 Å². The highest BCUT2D eigenvalue weighted by Gasteiger charge is 2.02. The predicted molar refractivity (Wildman–Crippen MR) is 61.7 cm³/mol. The molecule has 3 N–H and O–H groups in total. The molecule has 0 aliphatic carbocycles. The van der Waals surface area contributed by atoms with E-state index in [9.17, 15) is 0 Å². The van der Waals surface area contributed by atoms with Crippen molar-refractivity contribution in [1.29, 1.82) is 0 Å². The van der Waals surface area contributed by atoms with E-state index in [-0.39, 0.29) is 5.11 Å². The van der Waals surface area contributed by atoms with Gasteiger partial charge < -0.3 is 5.73 Å². The number of nitrogens with two attached hydrogens (primary N) is 1. The molecule has 0 bridgehead atoms. The second-order valence-electron chi connectivity index (χ2n) is 3.09. The molecule has 13 heavy (non-hydrogen) atoms. The second kappa shape index (κ2) is 7.98. The van der Waals surface area contributed by atoms with E-state index < -0.39 is 0 Å². The van der Waals surface area contributed by atoms with Gasteiger partial charge in [0.2, 0.25) is 0 Å².